The van der Waals surface area contributed by atoms with Gasteiger partial charge in [0.15, 0.2) is 0 Å². The molecule has 2 N–H and O–H groups in total. The smallest absolute Gasteiger partial charge is 0.233 e. The van der Waals surface area contributed by atoms with Crippen molar-refractivity contribution in [2.45, 2.75) is 32.3 Å². The summed E-state index contributed by atoms with van der Waals surface area (Å²) in [4.78, 5) is 13.4. The van der Waals surface area contributed by atoms with Crippen LogP contribution in [0.2, 0.25) is 0 Å². The van der Waals surface area contributed by atoms with Crippen molar-refractivity contribution < 1.29 is 14.6 Å². The lowest BCUT2D eigenvalue weighted by molar-refractivity contribution is -0.123. The normalized spacial score (nSPS) is 18.0. The van der Waals surface area contributed by atoms with Gasteiger partial charge in [-0.3, -0.25) is 9.69 Å². The lowest BCUT2D eigenvalue weighted by atomic mass is 9.92. The van der Waals surface area contributed by atoms with Crippen LogP contribution in [0.4, 0.5) is 0 Å². The highest BCUT2D eigenvalue weighted by molar-refractivity contribution is 5.77. The average molecular weight is 306 g/mol. The number of nitrogens with zero attached hydrogens (tertiary/aromatic N) is 1. The topological polar surface area (TPSA) is 61.8 Å². The van der Waals surface area contributed by atoms with Gasteiger partial charge in [0, 0.05) is 20.1 Å². The Morgan fingerprint density at radius 3 is 2.59 bits per heavy atom. The maximum absolute atomic E-state index is 11.4. The first-order valence-electron chi connectivity index (χ1n) is 7.77. The highest BCUT2D eigenvalue weighted by Gasteiger charge is 2.33. The van der Waals surface area contributed by atoms with Crippen LogP contribution in [0.25, 0.3) is 0 Å². The standard InChI is InChI=1S/C17H26N2O3/c1-13-4-5-15(10-14(13)2)22-12-17(21)6-8-19(9-7-17)11-16(20)18-3/h4-5,10,21H,6-9,11-12H2,1-3H3,(H,18,20). The van der Waals surface area contributed by atoms with Gasteiger partial charge in [-0.05, 0) is 49.9 Å². The van der Waals surface area contributed by atoms with Crippen LogP contribution < -0.4 is 10.1 Å². The zero-order chi connectivity index (χ0) is 16.2. The third-order valence-corrected chi connectivity index (χ3v) is 4.42. The molecule has 1 heterocycles. The van der Waals surface area contributed by atoms with Crippen LogP contribution in [-0.4, -0.2) is 54.8 Å². The number of rotatable bonds is 5. The number of aryl methyl sites for hydroxylation is 2. The second-order valence-corrected chi connectivity index (χ2v) is 6.21. The van der Waals surface area contributed by atoms with E-state index in [1.165, 1.54) is 11.1 Å². The van der Waals surface area contributed by atoms with E-state index >= 15 is 0 Å². The first-order chi connectivity index (χ1) is 10.4. The minimum Gasteiger partial charge on any atom is -0.491 e. The highest BCUT2D eigenvalue weighted by atomic mass is 16.5. The summed E-state index contributed by atoms with van der Waals surface area (Å²) in [5.74, 6) is 0.807. The summed E-state index contributed by atoms with van der Waals surface area (Å²) >= 11 is 0. The molecule has 0 aliphatic carbocycles. The van der Waals surface area contributed by atoms with Crippen LogP contribution in [0.15, 0.2) is 18.2 Å². The molecular formula is C17H26N2O3. The Morgan fingerprint density at radius 2 is 2.00 bits per heavy atom. The summed E-state index contributed by atoms with van der Waals surface area (Å²) in [6, 6.07) is 5.96. The largest absolute Gasteiger partial charge is 0.491 e. The molecule has 0 unspecified atom stereocenters. The number of benzene rings is 1. The lowest BCUT2D eigenvalue weighted by Gasteiger charge is -2.37. The van der Waals surface area contributed by atoms with Gasteiger partial charge in [-0.25, -0.2) is 0 Å². The molecule has 5 nitrogen and oxygen atoms in total. The van der Waals surface area contributed by atoms with E-state index in [9.17, 15) is 9.90 Å². The van der Waals surface area contributed by atoms with Crippen molar-refractivity contribution in [1.29, 1.82) is 0 Å². The van der Waals surface area contributed by atoms with Crippen LogP contribution in [0.1, 0.15) is 24.0 Å². The van der Waals surface area contributed by atoms with Gasteiger partial charge < -0.3 is 15.2 Å². The fourth-order valence-corrected chi connectivity index (χ4v) is 2.58. The van der Waals surface area contributed by atoms with Gasteiger partial charge in [0.05, 0.1) is 6.54 Å². The molecule has 0 aromatic heterocycles. The molecule has 0 bridgehead atoms. The van der Waals surface area contributed by atoms with Crippen LogP contribution in [-0.2, 0) is 4.79 Å². The Labute approximate surface area is 132 Å². The predicted octanol–water partition coefficient (Wildman–Crippen LogP) is 1.26. The number of ether oxygens (including phenoxy) is 1. The number of hydrogen-bond donors (Lipinski definition) is 2. The monoisotopic (exact) mass is 306 g/mol. The number of carbonyl (C=O) groups is 1. The molecule has 1 amide bonds. The van der Waals surface area contributed by atoms with E-state index in [4.69, 9.17) is 4.74 Å². The quantitative estimate of drug-likeness (QED) is 0.859. The number of carbonyl (C=O) groups excluding carboxylic acids is 1. The molecule has 0 saturated carbocycles. The van der Waals surface area contributed by atoms with Crippen LogP contribution in [0, 0.1) is 13.8 Å². The number of hydrogen-bond acceptors (Lipinski definition) is 4. The maximum Gasteiger partial charge on any atom is 0.233 e. The summed E-state index contributed by atoms with van der Waals surface area (Å²) in [5, 5.41) is 13.2. The van der Waals surface area contributed by atoms with E-state index < -0.39 is 5.60 Å². The molecule has 0 radical (unpaired) electrons. The van der Waals surface area contributed by atoms with Gasteiger partial charge in [-0.15, -0.1) is 0 Å². The van der Waals surface area contributed by atoms with Crippen molar-refractivity contribution in [2.75, 3.05) is 33.3 Å². The third kappa shape index (κ3) is 4.45. The SMILES string of the molecule is CNC(=O)CN1CCC(O)(COc2ccc(C)c(C)c2)CC1. The van der Waals surface area contributed by atoms with Gasteiger partial charge in [-0.2, -0.15) is 0 Å². The first-order valence-corrected chi connectivity index (χ1v) is 7.77. The molecule has 1 aliphatic rings. The molecule has 5 heteroatoms. The molecule has 1 fully saturated rings. The van der Waals surface area contributed by atoms with Crippen LogP contribution >= 0.6 is 0 Å². The number of likely N-dealkylation sites (N-methyl/N-ethyl adjacent to an activating group) is 1. The number of piperidine rings is 1. The Morgan fingerprint density at radius 1 is 1.32 bits per heavy atom. The van der Waals surface area contributed by atoms with E-state index in [1.807, 2.05) is 25.1 Å². The average Bonchev–Trinajstić information content (AvgIpc) is 2.51. The Kier molecular flexibility index (Phi) is 5.42. The van der Waals surface area contributed by atoms with Crippen molar-refractivity contribution in [3.8, 4) is 5.75 Å². The van der Waals surface area contributed by atoms with Gasteiger partial charge in [0.2, 0.25) is 5.91 Å². The highest BCUT2D eigenvalue weighted by Crippen LogP contribution is 2.24. The Hall–Kier alpha value is -1.59. The minimum absolute atomic E-state index is 0.0109. The van der Waals surface area contributed by atoms with Crippen LogP contribution in [0.5, 0.6) is 5.75 Å². The lowest BCUT2D eigenvalue weighted by Crippen LogP contribution is -2.49. The number of nitrogens with one attached hydrogen (secondary N) is 1. The molecule has 122 valence electrons. The van der Waals surface area contributed by atoms with Crippen molar-refractivity contribution in [3.63, 3.8) is 0 Å². The summed E-state index contributed by atoms with van der Waals surface area (Å²) in [6.07, 6.45) is 1.24. The number of aliphatic hydroxyl groups is 1. The van der Waals surface area contributed by atoms with Gasteiger partial charge >= 0.3 is 0 Å². The second-order valence-electron chi connectivity index (χ2n) is 6.21. The zero-order valence-corrected chi connectivity index (χ0v) is 13.7. The molecule has 22 heavy (non-hydrogen) atoms. The van der Waals surface area contributed by atoms with E-state index in [-0.39, 0.29) is 5.91 Å². The van der Waals surface area contributed by atoms with E-state index in [0.717, 1.165) is 5.75 Å². The fraction of sp³-hybridized carbons (Fsp3) is 0.588. The predicted molar refractivity (Wildman–Crippen MR) is 86.1 cm³/mol. The molecule has 1 saturated heterocycles. The van der Waals surface area contributed by atoms with Gasteiger partial charge in [0.1, 0.15) is 18.0 Å². The van der Waals surface area contributed by atoms with Crippen molar-refractivity contribution in [2.24, 2.45) is 0 Å². The van der Waals surface area contributed by atoms with Crippen molar-refractivity contribution in [1.82, 2.24) is 10.2 Å². The summed E-state index contributed by atoms with van der Waals surface area (Å²) in [6.45, 7) is 6.22. The zero-order valence-electron chi connectivity index (χ0n) is 13.7. The molecule has 0 atom stereocenters. The fourth-order valence-electron chi connectivity index (χ4n) is 2.58. The molecule has 0 spiro atoms. The maximum atomic E-state index is 11.4. The minimum atomic E-state index is -0.808. The molecule has 2 rings (SSSR count). The van der Waals surface area contributed by atoms with E-state index in [1.54, 1.807) is 7.05 Å². The summed E-state index contributed by atoms with van der Waals surface area (Å²) in [7, 11) is 1.64. The van der Waals surface area contributed by atoms with E-state index in [0.29, 0.717) is 39.1 Å². The third-order valence-electron chi connectivity index (χ3n) is 4.42. The molecule has 1 aromatic carbocycles. The van der Waals surface area contributed by atoms with Crippen LogP contribution in [0.3, 0.4) is 0 Å². The molecule has 1 aromatic rings. The second kappa shape index (κ2) is 7.11. The van der Waals surface area contributed by atoms with E-state index in [2.05, 4.69) is 17.1 Å². The van der Waals surface area contributed by atoms with Gasteiger partial charge in [-0.1, -0.05) is 6.07 Å². The molecular weight excluding hydrogens is 280 g/mol. The molecule has 1 aliphatic heterocycles. The number of amides is 1. The van der Waals surface area contributed by atoms with Gasteiger partial charge in [0.25, 0.3) is 0 Å². The number of likely N-dealkylation sites (tertiary alicyclic amines) is 1. The summed E-state index contributed by atoms with van der Waals surface area (Å²) in [5.41, 5.74) is 1.61. The van der Waals surface area contributed by atoms with Crippen molar-refractivity contribution in [3.05, 3.63) is 29.3 Å². The Bertz CT molecular complexity index is 523. The van der Waals surface area contributed by atoms with Crippen molar-refractivity contribution >= 4 is 5.91 Å². The first kappa shape index (κ1) is 16.8. The Balaban J connectivity index is 1.83. The summed E-state index contributed by atoms with van der Waals surface area (Å²) < 4.78 is 5.77.